The number of rotatable bonds is 6. The van der Waals surface area contributed by atoms with Gasteiger partial charge in [-0.3, -0.25) is 9.59 Å². The van der Waals surface area contributed by atoms with Crippen LogP contribution in [0.3, 0.4) is 0 Å². The molecule has 1 aliphatic rings. The quantitative estimate of drug-likeness (QED) is 0.420. The van der Waals surface area contributed by atoms with Crippen LogP contribution in [0.15, 0.2) is 77.2 Å². The van der Waals surface area contributed by atoms with Gasteiger partial charge in [0.25, 0.3) is 5.91 Å². The van der Waals surface area contributed by atoms with Crippen LogP contribution in [0, 0.1) is 11.7 Å². The number of fused-ring (bicyclic) bond motifs is 1. The fourth-order valence-electron chi connectivity index (χ4n) is 4.42. The van der Waals surface area contributed by atoms with Crippen LogP contribution in [0.25, 0.3) is 22.6 Å². The Kier molecular flexibility index (Phi) is 6.57. The molecular formula is C28H26FN3O3. The molecule has 6 nitrogen and oxygen atoms in total. The Bertz CT molecular complexity index is 1330. The van der Waals surface area contributed by atoms with Gasteiger partial charge in [-0.05, 0) is 66.8 Å². The molecule has 0 radical (unpaired) electrons. The van der Waals surface area contributed by atoms with Crippen LogP contribution in [-0.2, 0) is 11.3 Å². The molecule has 0 unspecified atom stereocenters. The highest BCUT2D eigenvalue weighted by Gasteiger charge is 2.25. The van der Waals surface area contributed by atoms with Gasteiger partial charge in [-0.15, -0.1) is 0 Å². The highest BCUT2D eigenvalue weighted by Crippen LogP contribution is 2.26. The molecule has 0 spiro atoms. The third-order valence-electron chi connectivity index (χ3n) is 6.43. The highest BCUT2D eigenvalue weighted by molar-refractivity contribution is 5.97. The SMILES string of the molecule is O=C(CC1CCN(C(=O)c2ccc3oc(-c4ccccc4)nc3c2)CC1)NCc1ccc(F)cc1. The number of carbonyl (C=O) groups is 2. The summed E-state index contributed by atoms with van der Waals surface area (Å²) >= 11 is 0. The number of hydrogen-bond acceptors (Lipinski definition) is 4. The van der Waals surface area contributed by atoms with Crippen LogP contribution in [0.4, 0.5) is 4.39 Å². The number of hydrogen-bond donors (Lipinski definition) is 1. The number of nitrogens with zero attached hydrogens (tertiary/aromatic N) is 2. The summed E-state index contributed by atoms with van der Waals surface area (Å²) in [6.45, 7) is 1.61. The lowest BCUT2D eigenvalue weighted by molar-refractivity contribution is -0.122. The van der Waals surface area contributed by atoms with E-state index in [1.165, 1.54) is 12.1 Å². The third-order valence-corrected chi connectivity index (χ3v) is 6.43. The summed E-state index contributed by atoms with van der Waals surface area (Å²) in [6, 6.07) is 21.1. The van der Waals surface area contributed by atoms with E-state index in [4.69, 9.17) is 4.42 Å². The lowest BCUT2D eigenvalue weighted by atomic mass is 9.92. The molecule has 7 heteroatoms. The average Bonchev–Trinajstić information content (AvgIpc) is 3.32. The zero-order chi connectivity index (χ0) is 24.2. The maximum Gasteiger partial charge on any atom is 0.253 e. The van der Waals surface area contributed by atoms with Gasteiger partial charge >= 0.3 is 0 Å². The van der Waals surface area contributed by atoms with Crippen molar-refractivity contribution in [1.82, 2.24) is 15.2 Å². The molecule has 0 aliphatic carbocycles. The van der Waals surface area contributed by atoms with Gasteiger partial charge in [0.15, 0.2) is 5.58 Å². The number of oxazole rings is 1. The first-order chi connectivity index (χ1) is 17.0. The maximum absolute atomic E-state index is 13.1. The van der Waals surface area contributed by atoms with E-state index in [0.29, 0.717) is 48.6 Å². The zero-order valence-electron chi connectivity index (χ0n) is 19.2. The number of likely N-dealkylation sites (tertiary alicyclic amines) is 1. The Labute approximate surface area is 202 Å². The molecule has 4 aromatic rings. The Morgan fingerprint density at radius 2 is 1.74 bits per heavy atom. The van der Waals surface area contributed by atoms with E-state index in [-0.39, 0.29) is 23.5 Å². The number of benzene rings is 3. The Morgan fingerprint density at radius 1 is 1.00 bits per heavy atom. The number of amides is 2. The summed E-state index contributed by atoms with van der Waals surface area (Å²) in [6.07, 6.45) is 1.98. The molecule has 3 aromatic carbocycles. The number of carbonyl (C=O) groups excluding carboxylic acids is 2. The maximum atomic E-state index is 13.1. The number of nitrogens with one attached hydrogen (secondary N) is 1. The topological polar surface area (TPSA) is 75.4 Å². The number of piperidine rings is 1. The first kappa shape index (κ1) is 22.8. The number of aromatic nitrogens is 1. The van der Waals surface area contributed by atoms with Crippen molar-refractivity contribution >= 4 is 22.9 Å². The van der Waals surface area contributed by atoms with Gasteiger partial charge in [0.05, 0.1) is 0 Å². The monoisotopic (exact) mass is 471 g/mol. The molecule has 1 saturated heterocycles. The van der Waals surface area contributed by atoms with Crippen LogP contribution in [0.2, 0.25) is 0 Å². The van der Waals surface area contributed by atoms with Gasteiger partial charge in [0.2, 0.25) is 11.8 Å². The molecule has 0 saturated carbocycles. The van der Waals surface area contributed by atoms with Crippen molar-refractivity contribution in [2.45, 2.75) is 25.8 Å². The number of halogens is 1. The standard InChI is InChI=1S/C28H26FN3O3/c29-23-9-6-20(7-10-23)18-30-26(33)16-19-12-14-32(15-13-19)28(34)22-8-11-25-24(17-22)31-27(35-25)21-4-2-1-3-5-21/h1-11,17,19H,12-16,18H2,(H,30,33). The Balaban J connectivity index is 1.14. The lowest BCUT2D eigenvalue weighted by Crippen LogP contribution is -2.39. The molecule has 1 fully saturated rings. The van der Waals surface area contributed by atoms with Crippen LogP contribution in [-0.4, -0.2) is 34.8 Å². The second-order valence-corrected chi connectivity index (χ2v) is 8.91. The molecular weight excluding hydrogens is 445 g/mol. The second kappa shape index (κ2) is 10.1. The van der Waals surface area contributed by atoms with Gasteiger partial charge in [0.1, 0.15) is 11.3 Å². The second-order valence-electron chi connectivity index (χ2n) is 8.91. The Hall–Kier alpha value is -4.00. The molecule has 35 heavy (non-hydrogen) atoms. The normalized spacial score (nSPS) is 14.3. The summed E-state index contributed by atoms with van der Waals surface area (Å²) in [5, 5.41) is 2.90. The van der Waals surface area contributed by atoms with Crippen molar-refractivity contribution < 1.29 is 18.4 Å². The van der Waals surface area contributed by atoms with E-state index in [1.807, 2.05) is 35.2 Å². The average molecular weight is 472 g/mol. The molecule has 1 aromatic heterocycles. The van der Waals surface area contributed by atoms with Crippen LogP contribution < -0.4 is 5.32 Å². The first-order valence-electron chi connectivity index (χ1n) is 11.8. The molecule has 1 aliphatic heterocycles. The van der Waals surface area contributed by atoms with Crippen molar-refractivity contribution in [3.63, 3.8) is 0 Å². The predicted octanol–water partition coefficient (Wildman–Crippen LogP) is 5.19. The molecule has 2 heterocycles. The van der Waals surface area contributed by atoms with E-state index >= 15 is 0 Å². The van der Waals surface area contributed by atoms with Crippen molar-refractivity contribution in [2.75, 3.05) is 13.1 Å². The van der Waals surface area contributed by atoms with Crippen molar-refractivity contribution in [3.8, 4) is 11.5 Å². The summed E-state index contributed by atoms with van der Waals surface area (Å²) in [5.41, 5.74) is 3.63. The molecule has 5 rings (SSSR count). The largest absolute Gasteiger partial charge is 0.436 e. The summed E-state index contributed by atoms with van der Waals surface area (Å²) in [7, 11) is 0. The van der Waals surface area contributed by atoms with Crippen LogP contribution >= 0.6 is 0 Å². The van der Waals surface area contributed by atoms with E-state index in [9.17, 15) is 14.0 Å². The fourth-order valence-corrected chi connectivity index (χ4v) is 4.42. The molecule has 0 bridgehead atoms. The van der Waals surface area contributed by atoms with Crippen molar-refractivity contribution in [1.29, 1.82) is 0 Å². The van der Waals surface area contributed by atoms with E-state index in [2.05, 4.69) is 10.3 Å². The fraction of sp³-hybridized carbons (Fsp3) is 0.250. The van der Waals surface area contributed by atoms with E-state index < -0.39 is 0 Å². The minimum atomic E-state index is -0.292. The third kappa shape index (κ3) is 5.40. The van der Waals surface area contributed by atoms with Gasteiger partial charge in [-0.2, -0.15) is 0 Å². The molecule has 0 atom stereocenters. The first-order valence-corrected chi connectivity index (χ1v) is 11.8. The minimum absolute atomic E-state index is 0.0233. The van der Waals surface area contributed by atoms with Gasteiger partial charge in [0, 0.05) is 37.2 Å². The molecule has 2 amide bonds. The lowest BCUT2D eigenvalue weighted by Gasteiger charge is -2.31. The highest BCUT2D eigenvalue weighted by atomic mass is 19.1. The zero-order valence-corrected chi connectivity index (χ0v) is 19.2. The van der Waals surface area contributed by atoms with E-state index in [1.54, 1.807) is 30.3 Å². The minimum Gasteiger partial charge on any atom is -0.436 e. The van der Waals surface area contributed by atoms with Crippen LogP contribution in [0.1, 0.15) is 35.2 Å². The van der Waals surface area contributed by atoms with Gasteiger partial charge in [-0.25, -0.2) is 9.37 Å². The summed E-state index contributed by atoms with van der Waals surface area (Å²) < 4.78 is 18.9. The van der Waals surface area contributed by atoms with Crippen LogP contribution in [0.5, 0.6) is 0 Å². The smallest absolute Gasteiger partial charge is 0.253 e. The van der Waals surface area contributed by atoms with Crippen molar-refractivity contribution in [2.24, 2.45) is 5.92 Å². The van der Waals surface area contributed by atoms with Gasteiger partial charge < -0.3 is 14.6 Å². The van der Waals surface area contributed by atoms with Gasteiger partial charge in [-0.1, -0.05) is 30.3 Å². The summed E-state index contributed by atoms with van der Waals surface area (Å²) in [5.74, 6) is 0.418. The van der Waals surface area contributed by atoms with E-state index in [0.717, 1.165) is 24.0 Å². The molecule has 178 valence electrons. The Morgan fingerprint density at radius 3 is 2.49 bits per heavy atom. The predicted molar refractivity (Wildman–Crippen MR) is 131 cm³/mol. The molecule has 1 N–H and O–H groups in total. The summed E-state index contributed by atoms with van der Waals surface area (Å²) in [4.78, 5) is 31.8. The van der Waals surface area contributed by atoms with Crippen molar-refractivity contribution in [3.05, 3.63) is 89.7 Å².